The first-order valence-electron chi connectivity index (χ1n) is 7.13. The number of imidazole rings is 1. The van der Waals surface area contributed by atoms with Crippen LogP contribution in [0.25, 0.3) is 5.52 Å². The Morgan fingerprint density at radius 3 is 2.84 bits per heavy atom. The summed E-state index contributed by atoms with van der Waals surface area (Å²) < 4.78 is 2.02. The van der Waals surface area contributed by atoms with E-state index < -0.39 is 0 Å². The van der Waals surface area contributed by atoms with Crippen LogP contribution in [0.3, 0.4) is 0 Å². The lowest BCUT2D eigenvalue weighted by atomic mass is 9.93. The summed E-state index contributed by atoms with van der Waals surface area (Å²) in [6.07, 6.45) is 7.16. The first-order valence-corrected chi connectivity index (χ1v) is 7.13. The van der Waals surface area contributed by atoms with E-state index in [0.29, 0.717) is 5.75 Å². The van der Waals surface area contributed by atoms with Gasteiger partial charge in [-0.2, -0.15) is 0 Å². The van der Waals surface area contributed by atoms with E-state index in [4.69, 9.17) is 0 Å². The van der Waals surface area contributed by atoms with Gasteiger partial charge in [-0.15, -0.1) is 0 Å². The number of rotatable bonds is 3. The summed E-state index contributed by atoms with van der Waals surface area (Å²) in [6.45, 7) is 5.80. The predicted molar refractivity (Wildman–Crippen MR) is 75.4 cm³/mol. The van der Waals surface area contributed by atoms with Gasteiger partial charge in [0, 0.05) is 6.42 Å². The van der Waals surface area contributed by atoms with E-state index in [1.165, 1.54) is 25.9 Å². The van der Waals surface area contributed by atoms with Crippen molar-refractivity contribution in [1.82, 2.24) is 14.3 Å². The van der Waals surface area contributed by atoms with E-state index in [1.807, 2.05) is 16.7 Å². The summed E-state index contributed by atoms with van der Waals surface area (Å²) in [4.78, 5) is 7.01. The molecule has 0 bridgehead atoms. The highest BCUT2D eigenvalue weighted by Gasteiger charge is 2.20. The van der Waals surface area contributed by atoms with E-state index >= 15 is 0 Å². The lowest BCUT2D eigenvalue weighted by Gasteiger charge is -2.30. The second-order valence-corrected chi connectivity index (χ2v) is 5.44. The van der Waals surface area contributed by atoms with Crippen LogP contribution in [0.15, 0.2) is 24.5 Å². The maximum atomic E-state index is 9.59. The lowest BCUT2D eigenvalue weighted by Crippen LogP contribution is -2.34. The minimum Gasteiger partial charge on any atom is -0.506 e. The molecule has 0 aromatic carbocycles. The molecule has 0 atom stereocenters. The maximum Gasteiger partial charge on any atom is 0.132 e. The summed E-state index contributed by atoms with van der Waals surface area (Å²) in [7, 11) is 0. The van der Waals surface area contributed by atoms with Gasteiger partial charge in [-0.25, -0.2) is 4.98 Å². The van der Waals surface area contributed by atoms with Crippen LogP contribution in [0, 0.1) is 5.92 Å². The molecule has 102 valence electrons. The fourth-order valence-corrected chi connectivity index (χ4v) is 2.95. The van der Waals surface area contributed by atoms with Crippen LogP contribution in [-0.2, 0) is 6.42 Å². The molecular weight excluding hydrogens is 238 g/mol. The van der Waals surface area contributed by atoms with Crippen LogP contribution >= 0.6 is 0 Å². The smallest absolute Gasteiger partial charge is 0.132 e. The fourth-order valence-electron chi connectivity index (χ4n) is 2.95. The minimum absolute atomic E-state index is 0.299. The Kier molecular flexibility index (Phi) is 3.42. The molecule has 1 saturated heterocycles. The van der Waals surface area contributed by atoms with Crippen molar-refractivity contribution in [2.24, 2.45) is 5.92 Å². The molecule has 3 rings (SSSR count). The first-order chi connectivity index (χ1) is 9.26. The number of pyridine rings is 1. The highest BCUT2D eigenvalue weighted by atomic mass is 16.3. The minimum atomic E-state index is 0.299. The number of aromatic nitrogens is 2. The molecule has 2 aromatic heterocycles. The molecule has 1 N–H and O–H groups in total. The van der Waals surface area contributed by atoms with Crippen molar-refractivity contribution in [3.63, 3.8) is 0 Å². The SMILES string of the molecule is CCN1CCC(Cc2ncc3ccc(O)cn23)CC1. The summed E-state index contributed by atoms with van der Waals surface area (Å²) in [5, 5.41) is 9.59. The average molecular weight is 259 g/mol. The molecule has 0 amide bonds. The van der Waals surface area contributed by atoms with Gasteiger partial charge < -0.3 is 14.4 Å². The van der Waals surface area contributed by atoms with Crippen LogP contribution in [0.5, 0.6) is 5.75 Å². The second-order valence-electron chi connectivity index (χ2n) is 5.44. The van der Waals surface area contributed by atoms with Gasteiger partial charge in [-0.1, -0.05) is 6.92 Å². The van der Waals surface area contributed by atoms with Crippen molar-refractivity contribution in [3.8, 4) is 5.75 Å². The van der Waals surface area contributed by atoms with Crippen LogP contribution in [0.4, 0.5) is 0 Å². The number of nitrogens with zero attached hydrogens (tertiary/aromatic N) is 3. The predicted octanol–water partition coefficient (Wildman–Crippen LogP) is 2.31. The van der Waals surface area contributed by atoms with E-state index in [9.17, 15) is 5.11 Å². The molecule has 0 saturated carbocycles. The number of likely N-dealkylation sites (tertiary alicyclic amines) is 1. The number of hydrogen-bond acceptors (Lipinski definition) is 3. The van der Waals surface area contributed by atoms with E-state index in [-0.39, 0.29) is 0 Å². The zero-order chi connectivity index (χ0) is 13.2. The Balaban J connectivity index is 1.73. The monoisotopic (exact) mass is 259 g/mol. The Morgan fingerprint density at radius 2 is 2.11 bits per heavy atom. The van der Waals surface area contributed by atoms with Crippen molar-refractivity contribution in [1.29, 1.82) is 0 Å². The highest BCUT2D eigenvalue weighted by Crippen LogP contribution is 2.22. The third-order valence-corrected chi connectivity index (χ3v) is 4.21. The van der Waals surface area contributed by atoms with Gasteiger partial charge in [-0.3, -0.25) is 0 Å². The fraction of sp³-hybridized carbons (Fsp3) is 0.533. The first kappa shape index (κ1) is 12.5. The van der Waals surface area contributed by atoms with E-state index in [2.05, 4.69) is 16.8 Å². The highest BCUT2D eigenvalue weighted by molar-refractivity contribution is 5.48. The van der Waals surface area contributed by atoms with Crippen LogP contribution in [0.2, 0.25) is 0 Å². The van der Waals surface area contributed by atoms with Crippen LogP contribution in [-0.4, -0.2) is 39.0 Å². The zero-order valence-corrected chi connectivity index (χ0v) is 11.4. The number of aromatic hydroxyl groups is 1. The second kappa shape index (κ2) is 5.21. The molecule has 2 aromatic rings. The van der Waals surface area contributed by atoms with E-state index in [0.717, 1.165) is 30.2 Å². The lowest BCUT2D eigenvalue weighted by molar-refractivity contribution is 0.191. The quantitative estimate of drug-likeness (QED) is 0.919. The summed E-state index contributed by atoms with van der Waals surface area (Å²) in [5.41, 5.74) is 1.05. The number of piperidine rings is 1. The normalized spacial score (nSPS) is 18.2. The van der Waals surface area contributed by atoms with Gasteiger partial charge >= 0.3 is 0 Å². The summed E-state index contributed by atoms with van der Waals surface area (Å²) >= 11 is 0. The molecule has 0 radical (unpaired) electrons. The van der Waals surface area contributed by atoms with Gasteiger partial charge in [0.1, 0.15) is 11.6 Å². The van der Waals surface area contributed by atoms with Crippen molar-refractivity contribution in [3.05, 3.63) is 30.4 Å². The molecule has 0 aliphatic carbocycles. The van der Waals surface area contributed by atoms with Gasteiger partial charge in [0.25, 0.3) is 0 Å². The van der Waals surface area contributed by atoms with Crippen LogP contribution < -0.4 is 0 Å². The van der Waals surface area contributed by atoms with E-state index in [1.54, 1.807) is 12.3 Å². The Labute approximate surface area is 113 Å². The Morgan fingerprint density at radius 1 is 1.32 bits per heavy atom. The standard InChI is InChI=1S/C15H21N3O/c1-2-17-7-5-12(6-8-17)9-15-16-10-13-3-4-14(19)11-18(13)15/h3-4,10-12,19H,2,5-9H2,1H3. The average Bonchev–Trinajstić information content (AvgIpc) is 2.82. The Hall–Kier alpha value is -1.55. The number of hydrogen-bond donors (Lipinski definition) is 1. The molecule has 0 spiro atoms. The van der Waals surface area contributed by atoms with Crippen LogP contribution in [0.1, 0.15) is 25.6 Å². The third kappa shape index (κ3) is 2.59. The van der Waals surface area contributed by atoms with Crippen molar-refractivity contribution in [2.75, 3.05) is 19.6 Å². The Bertz CT molecular complexity index is 556. The number of fused-ring (bicyclic) bond motifs is 1. The molecular formula is C15H21N3O. The molecule has 3 heterocycles. The summed E-state index contributed by atoms with van der Waals surface area (Å²) in [5.74, 6) is 2.09. The third-order valence-electron chi connectivity index (χ3n) is 4.21. The molecule has 4 nitrogen and oxygen atoms in total. The molecule has 1 aliphatic rings. The largest absolute Gasteiger partial charge is 0.506 e. The maximum absolute atomic E-state index is 9.59. The zero-order valence-electron chi connectivity index (χ0n) is 11.4. The molecule has 4 heteroatoms. The van der Waals surface area contributed by atoms with Gasteiger partial charge in [0.2, 0.25) is 0 Å². The van der Waals surface area contributed by atoms with Crippen molar-refractivity contribution in [2.45, 2.75) is 26.2 Å². The molecule has 0 unspecified atom stereocenters. The molecule has 19 heavy (non-hydrogen) atoms. The topological polar surface area (TPSA) is 40.8 Å². The molecule has 1 fully saturated rings. The summed E-state index contributed by atoms with van der Waals surface area (Å²) in [6, 6.07) is 3.62. The van der Waals surface area contributed by atoms with Gasteiger partial charge in [0.15, 0.2) is 0 Å². The van der Waals surface area contributed by atoms with Crippen molar-refractivity contribution >= 4 is 5.52 Å². The van der Waals surface area contributed by atoms with Crippen molar-refractivity contribution < 1.29 is 5.11 Å². The van der Waals surface area contributed by atoms with Gasteiger partial charge in [0.05, 0.1) is 17.9 Å². The van der Waals surface area contributed by atoms with Gasteiger partial charge in [-0.05, 0) is 50.5 Å². The molecule has 1 aliphatic heterocycles.